The van der Waals surface area contributed by atoms with Crippen LogP contribution in [0.4, 0.5) is 0 Å². The van der Waals surface area contributed by atoms with E-state index in [4.69, 9.17) is 18.3 Å². The minimum atomic E-state index is 0.431. The summed E-state index contributed by atoms with van der Waals surface area (Å²) < 4.78 is 21.4. The molecule has 7 heteroatoms. The normalized spacial score (nSPS) is 10.7. The molecule has 2 heterocycles. The summed E-state index contributed by atoms with van der Waals surface area (Å²) in [5.74, 6) is 3.04. The number of aromatic nitrogens is 2. The van der Waals surface area contributed by atoms with E-state index >= 15 is 0 Å². The van der Waals surface area contributed by atoms with Crippen molar-refractivity contribution in [2.24, 2.45) is 0 Å². The summed E-state index contributed by atoms with van der Waals surface area (Å²) in [4.78, 5) is 0. The standard InChI is InChI=1S/C16H17N3O4/c1-20-13-6-5-11(8-14(13)21-2)16-19-18-15(23-16)10-17-9-12-4-3-7-22-12/h3-8,17H,9-10H2,1-2H3. The van der Waals surface area contributed by atoms with Gasteiger partial charge in [0.2, 0.25) is 11.8 Å². The highest BCUT2D eigenvalue weighted by Gasteiger charge is 2.12. The smallest absolute Gasteiger partial charge is 0.247 e. The second kappa shape index (κ2) is 6.97. The third-order valence-electron chi connectivity index (χ3n) is 3.25. The Hall–Kier alpha value is -2.80. The van der Waals surface area contributed by atoms with Gasteiger partial charge in [0.1, 0.15) is 5.76 Å². The van der Waals surface area contributed by atoms with E-state index in [2.05, 4.69) is 15.5 Å². The van der Waals surface area contributed by atoms with Gasteiger partial charge in [-0.1, -0.05) is 0 Å². The molecule has 0 amide bonds. The number of nitrogens with zero attached hydrogens (tertiary/aromatic N) is 2. The van der Waals surface area contributed by atoms with Crippen LogP contribution in [-0.2, 0) is 13.1 Å². The lowest BCUT2D eigenvalue weighted by Gasteiger charge is -2.07. The van der Waals surface area contributed by atoms with Crippen LogP contribution in [0.3, 0.4) is 0 Å². The molecule has 120 valence electrons. The van der Waals surface area contributed by atoms with Crippen molar-refractivity contribution in [3.05, 3.63) is 48.2 Å². The summed E-state index contributed by atoms with van der Waals surface area (Å²) in [5.41, 5.74) is 0.771. The van der Waals surface area contributed by atoms with Crippen LogP contribution >= 0.6 is 0 Å². The molecule has 0 aliphatic carbocycles. The number of hydrogen-bond donors (Lipinski definition) is 1. The Morgan fingerprint density at radius 1 is 1.04 bits per heavy atom. The SMILES string of the molecule is COc1ccc(-c2nnc(CNCc3ccco3)o2)cc1OC. The maximum absolute atomic E-state index is 5.65. The first kappa shape index (κ1) is 15.1. The maximum atomic E-state index is 5.65. The predicted molar refractivity (Wildman–Crippen MR) is 82.1 cm³/mol. The lowest BCUT2D eigenvalue weighted by atomic mass is 10.2. The van der Waals surface area contributed by atoms with Crippen molar-refractivity contribution in [1.82, 2.24) is 15.5 Å². The summed E-state index contributed by atoms with van der Waals surface area (Å²) in [6.07, 6.45) is 1.64. The molecular formula is C16H17N3O4. The summed E-state index contributed by atoms with van der Waals surface area (Å²) >= 11 is 0. The lowest BCUT2D eigenvalue weighted by molar-refractivity contribution is 0.355. The zero-order valence-electron chi connectivity index (χ0n) is 12.9. The van der Waals surface area contributed by atoms with Gasteiger partial charge in [-0.2, -0.15) is 0 Å². The molecule has 1 aromatic carbocycles. The summed E-state index contributed by atoms with van der Waals surface area (Å²) in [6.45, 7) is 1.06. The van der Waals surface area contributed by atoms with Crippen LogP contribution < -0.4 is 14.8 Å². The fourth-order valence-electron chi connectivity index (χ4n) is 2.12. The number of methoxy groups -OCH3 is 2. The fourth-order valence-corrected chi connectivity index (χ4v) is 2.12. The Bertz CT molecular complexity index is 753. The van der Waals surface area contributed by atoms with Gasteiger partial charge in [-0.15, -0.1) is 10.2 Å². The van der Waals surface area contributed by atoms with Crippen LogP contribution in [0.15, 0.2) is 45.4 Å². The minimum Gasteiger partial charge on any atom is -0.493 e. The zero-order valence-corrected chi connectivity index (χ0v) is 12.9. The predicted octanol–water partition coefficient (Wildman–Crippen LogP) is 2.64. The highest BCUT2D eigenvalue weighted by atomic mass is 16.5. The van der Waals surface area contributed by atoms with Gasteiger partial charge in [0.15, 0.2) is 11.5 Å². The van der Waals surface area contributed by atoms with Gasteiger partial charge in [-0.3, -0.25) is 0 Å². The first-order valence-corrected chi connectivity index (χ1v) is 7.08. The first-order valence-electron chi connectivity index (χ1n) is 7.08. The second-order valence-electron chi connectivity index (χ2n) is 4.75. The van der Waals surface area contributed by atoms with Gasteiger partial charge in [0.05, 0.1) is 33.6 Å². The molecule has 23 heavy (non-hydrogen) atoms. The van der Waals surface area contributed by atoms with Crippen LogP contribution in [0.1, 0.15) is 11.7 Å². The molecule has 0 bridgehead atoms. The third-order valence-corrected chi connectivity index (χ3v) is 3.25. The van der Waals surface area contributed by atoms with Crippen LogP contribution in [0, 0.1) is 0 Å². The second-order valence-corrected chi connectivity index (χ2v) is 4.75. The molecule has 3 rings (SSSR count). The van der Waals surface area contributed by atoms with E-state index in [1.807, 2.05) is 18.2 Å². The highest BCUT2D eigenvalue weighted by molar-refractivity contribution is 5.59. The molecule has 0 unspecified atom stereocenters. The average Bonchev–Trinajstić information content (AvgIpc) is 3.26. The molecule has 0 saturated carbocycles. The largest absolute Gasteiger partial charge is 0.493 e. The van der Waals surface area contributed by atoms with Crippen molar-refractivity contribution in [2.75, 3.05) is 14.2 Å². The topological polar surface area (TPSA) is 82.6 Å². The summed E-state index contributed by atoms with van der Waals surface area (Å²) in [6, 6.07) is 9.18. The monoisotopic (exact) mass is 315 g/mol. The highest BCUT2D eigenvalue weighted by Crippen LogP contribution is 2.31. The van der Waals surface area contributed by atoms with E-state index in [-0.39, 0.29) is 0 Å². The quantitative estimate of drug-likeness (QED) is 0.717. The van der Waals surface area contributed by atoms with Gasteiger partial charge < -0.3 is 23.6 Å². The molecule has 0 fully saturated rings. The van der Waals surface area contributed by atoms with E-state index < -0.39 is 0 Å². The first-order chi connectivity index (χ1) is 11.3. The van der Waals surface area contributed by atoms with E-state index in [9.17, 15) is 0 Å². The van der Waals surface area contributed by atoms with Crippen LogP contribution in [0.5, 0.6) is 11.5 Å². The van der Waals surface area contributed by atoms with E-state index in [1.54, 1.807) is 32.6 Å². The van der Waals surface area contributed by atoms with E-state index in [0.717, 1.165) is 11.3 Å². The Kier molecular flexibility index (Phi) is 4.58. The molecule has 0 atom stereocenters. The summed E-state index contributed by atoms with van der Waals surface area (Å²) in [7, 11) is 3.17. The van der Waals surface area contributed by atoms with Crippen LogP contribution in [0.2, 0.25) is 0 Å². The Morgan fingerprint density at radius 3 is 2.65 bits per heavy atom. The van der Waals surface area contributed by atoms with E-state index in [0.29, 0.717) is 36.4 Å². The third kappa shape index (κ3) is 3.51. The molecule has 1 N–H and O–H groups in total. The van der Waals surface area contributed by atoms with Crippen molar-refractivity contribution in [3.63, 3.8) is 0 Å². The Labute approximate surface area is 133 Å². The molecule has 0 spiro atoms. The lowest BCUT2D eigenvalue weighted by Crippen LogP contribution is -2.12. The zero-order chi connectivity index (χ0) is 16.1. The average molecular weight is 315 g/mol. The van der Waals surface area contributed by atoms with Crippen molar-refractivity contribution in [2.45, 2.75) is 13.1 Å². The molecule has 0 aliphatic rings. The van der Waals surface area contributed by atoms with Crippen LogP contribution in [-0.4, -0.2) is 24.4 Å². The number of ether oxygens (including phenoxy) is 2. The van der Waals surface area contributed by atoms with Gasteiger partial charge in [0, 0.05) is 5.56 Å². The van der Waals surface area contributed by atoms with Gasteiger partial charge >= 0.3 is 0 Å². The number of furan rings is 1. The number of nitrogens with one attached hydrogen (secondary N) is 1. The fraction of sp³-hybridized carbons (Fsp3) is 0.250. The molecule has 2 aromatic heterocycles. The molecule has 3 aromatic rings. The van der Waals surface area contributed by atoms with Crippen LogP contribution in [0.25, 0.3) is 11.5 Å². The number of benzene rings is 1. The van der Waals surface area contributed by atoms with Crippen molar-refractivity contribution in [1.29, 1.82) is 0 Å². The van der Waals surface area contributed by atoms with Gasteiger partial charge in [0.25, 0.3) is 0 Å². The minimum absolute atomic E-state index is 0.431. The van der Waals surface area contributed by atoms with Crippen molar-refractivity contribution < 1.29 is 18.3 Å². The van der Waals surface area contributed by atoms with E-state index in [1.165, 1.54) is 0 Å². The van der Waals surface area contributed by atoms with Crippen molar-refractivity contribution in [3.8, 4) is 23.0 Å². The number of rotatable bonds is 7. The summed E-state index contributed by atoms with van der Waals surface area (Å²) in [5, 5.41) is 11.3. The Morgan fingerprint density at radius 2 is 1.91 bits per heavy atom. The van der Waals surface area contributed by atoms with Gasteiger partial charge in [-0.25, -0.2) is 0 Å². The molecular weight excluding hydrogens is 298 g/mol. The molecule has 7 nitrogen and oxygen atoms in total. The molecule has 0 radical (unpaired) electrons. The molecule has 0 saturated heterocycles. The van der Waals surface area contributed by atoms with Crippen molar-refractivity contribution >= 4 is 0 Å². The maximum Gasteiger partial charge on any atom is 0.247 e. The molecule has 0 aliphatic heterocycles. The number of hydrogen-bond acceptors (Lipinski definition) is 7. The van der Waals surface area contributed by atoms with Gasteiger partial charge in [-0.05, 0) is 30.3 Å². The Balaban J connectivity index is 1.66.